The fourth-order valence-corrected chi connectivity index (χ4v) is 2.03. The number of aryl methyl sites for hydroxylation is 1. The van der Waals surface area contributed by atoms with Crippen molar-refractivity contribution in [3.63, 3.8) is 0 Å². The van der Waals surface area contributed by atoms with Gasteiger partial charge in [-0.15, -0.1) is 0 Å². The first kappa shape index (κ1) is 13.4. The first-order valence-electron chi connectivity index (χ1n) is 6.18. The van der Waals surface area contributed by atoms with Gasteiger partial charge >= 0.3 is 0 Å². The van der Waals surface area contributed by atoms with E-state index in [0.29, 0.717) is 17.1 Å². The van der Waals surface area contributed by atoms with Crippen molar-refractivity contribution in [2.75, 3.05) is 0 Å². The van der Waals surface area contributed by atoms with Crippen molar-refractivity contribution in [1.82, 2.24) is 14.9 Å². The molecule has 106 valence electrons. The van der Waals surface area contributed by atoms with Gasteiger partial charge in [0.05, 0.1) is 11.8 Å². The first-order valence-corrected chi connectivity index (χ1v) is 6.59. The van der Waals surface area contributed by atoms with Crippen LogP contribution in [0.2, 0.25) is 0 Å². The molecule has 3 rings (SSSR count). The minimum absolute atomic E-state index is 0.271. The summed E-state index contributed by atoms with van der Waals surface area (Å²) in [5, 5.41) is 10.8. The van der Waals surface area contributed by atoms with E-state index >= 15 is 0 Å². The first-order chi connectivity index (χ1) is 10.1. The molecule has 0 aliphatic rings. The van der Waals surface area contributed by atoms with Crippen LogP contribution in [-0.2, 0) is 0 Å². The number of hydrogen-bond acceptors (Lipinski definition) is 4. The summed E-state index contributed by atoms with van der Waals surface area (Å²) in [5.41, 5.74) is 0.317. The highest BCUT2D eigenvalue weighted by molar-refractivity contribution is 7.71. The van der Waals surface area contributed by atoms with E-state index in [2.05, 4.69) is 15.3 Å². The number of nitrogens with one attached hydrogen (secondary N) is 1. The zero-order valence-electron chi connectivity index (χ0n) is 11.1. The van der Waals surface area contributed by atoms with E-state index in [4.69, 9.17) is 16.6 Å². The molecular formula is C14H11FN4OS. The standard InChI is InChI=1S/C14H11FN4OS/c1-9-6-7-10(20-9)8-16-19-13(17-18-14(19)21)11-4-2-3-5-12(11)15/h2-8H,1H3,(H,18,21)/b16-8-. The Bertz CT molecular complexity index is 862. The maximum atomic E-state index is 13.9. The molecule has 21 heavy (non-hydrogen) atoms. The van der Waals surface area contributed by atoms with E-state index in [-0.39, 0.29) is 4.77 Å². The van der Waals surface area contributed by atoms with E-state index in [1.807, 2.05) is 13.0 Å². The fourth-order valence-electron chi connectivity index (χ4n) is 1.85. The largest absolute Gasteiger partial charge is 0.460 e. The summed E-state index contributed by atoms with van der Waals surface area (Å²) in [7, 11) is 0. The molecule has 0 unspecified atom stereocenters. The van der Waals surface area contributed by atoms with Gasteiger partial charge in [0.2, 0.25) is 4.77 Å². The quantitative estimate of drug-likeness (QED) is 0.595. The summed E-state index contributed by atoms with van der Waals surface area (Å²) >= 11 is 5.11. The third kappa shape index (κ3) is 2.68. The number of halogens is 1. The number of nitrogens with zero attached hydrogens (tertiary/aromatic N) is 3. The number of rotatable bonds is 3. The molecular weight excluding hydrogens is 291 g/mol. The lowest BCUT2D eigenvalue weighted by Crippen LogP contribution is -1.96. The average molecular weight is 302 g/mol. The van der Waals surface area contributed by atoms with Crippen molar-refractivity contribution in [2.45, 2.75) is 6.92 Å². The Morgan fingerprint density at radius 3 is 2.86 bits per heavy atom. The highest BCUT2D eigenvalue weighted by atomic mass is 32.1. The Morgan fingerprint density at radius 2 is 2.14 bits per heavy atom. The van der Waals surface area contributed by atoms with Crippen LogP contribution in [0.4, 0.5) is 4.39 Å². The van der Waals surface area contributed by atoms with Crippen LogP contribution < -0.4 is 0 Å². The molecule has 7 heteroatoms. The average Bonchev–Trinajstić information content (AvgIpc) is 3.04. The van der Waals surface area contributed by atoms with Crippen LogP contribution in [0, 0.1) is 17.5 Å². The lowest BCUT2D eigenvalue weighted by molar-refractivity contribution is 0.527. The van der Waals surface area contributed by atoms with E-state index in [1.54, 1.807) is 24.3 Å². The van der Waals surface area contributed by atoms with Gasteiger partial charge in [0, 0.05) is 0 Å². The van der Waals surface area contributed by atoms with E-state index in [9.17, 15) is 4.39 Å². The maximum Gasteiger partial charge on any atom is 0.216 e. The molecule has 1 aromatic carbocycles. The molecule has 2 heterocycles. The SMILES string of the molecule is Cc1ccc(/C=N\n2c(-c3ccccc3F)n[nH]c2=S)o1. The van der Waals surface area contributed by atoms with Gasteiger partial charge < -0.3 is 4.42 Å². The second-order valence-corrected chi connectivity index (χ2v) is 4.72. The summed E-state index contributed by atoms with van der Waals surface area (Å²) in [6.45, 7) is 1.84. The predicted octanol–water partition coefficient (Wildman–Crippen LogP) is 3.53. The molecule has 5 nitrogen and oxygen atoms in total. The van der Waals surface area contributed by atoms with Crippen molar-refractivity contribution < 1.29 is 8.81 Å². The van der Waals surface area contributed by atoms with Gasteiger partial charge in [-0.1, -0.05) is 12.1 Å². The summed E-state index contributed by atoms with van der Waals surface area (Å²) in [4.78, 5) is 0. The summed E-state index contributed by atoms with van der Waals surface area (Å²) in [5.74, 6) is 1.27. The number of aromatic nitrogens is 3. The van der Waals surface area contributed by atoms with Gasteiger partial charge in [-0.2, -0.15) is 14.9 Å². The molecule has 0 amide bonds. The minimum atomic E-state index is -0.392. The molecule has 0 spiro atoms. The number of aromatic amines is 1. The summed E-state index contributed by atoms with van der Waals surface area (Å²) in [6.07, 6.45) is 1.50. The predicted molar refractivity (Wildman–Crippen MR) is 79.2 cm³/mol. The molecule has 0 atom stereocenters. The lowest BCUT2D eigenvalue weighted by atomic mass is 10.2. The molecule has 0 radical (unpaired) electrons. The van der Waals surface area contributed by atoms with Gasteiger partial charge in [-0.3, -0.25) is 0 Å². The molecule has 0 saturated carbocycles. The summed E-state index contributed by atoms with van der Waals surface area (Å²) < 4.78 is 20.9. The van der Waals surface area contributed by atoms with Crippen LogP contribution >= 0.6 is 12.2 Å². The van der Waals surface area contributed by atoms with Gasteiger partial charge in [0.1, 0.15) is 17.3 Å². The maximum absolute atomic E-state index is 13.9. The van der Waals surface area contributed by atoms with E-state index < -0.39 is 5.82 Å². The van der Waals surface area contributed by atoms with Gasteiger partial charge in [0.15, 0.2) is 5.82 Å². The Morgan fingerprint density at radius 1 is 1.33 bits per heavy atom. The zero-order chi connectivity index (χ0) is 14.8. The van der Waals surface area contributed by atoms with Crippen LogP contribution in [0.15, 0.2) is 45.9 Å². The minimum Gasteiger partial charge on any atom is -0.460 e. The normalized spacial score (nSPS) is 11.3. The number of hydrogen-bond donors (Lipinski definition) is 1. The Labute approximate surface area is 124 Å². The molecule has 0 aliphatic carbocycles. The van der Waals surface area contributed by atoms with Crippen molar-refractivity contribution in [1.29, 1.82) is 0 Å². The topological polar surface area (TPSA) is 59.1 Å². The second-order valence-electron chi connectivity index (χ2n) is 4.34. The van der Waals surface area contributed by atoms with E-state index in [1.165, 1.54) is 17.0 Å². The number of H-pyrrole nitrogens is 1. The number of furan rings is 1. The van der Waals surface area contributed by atoms with Crippen LogP contribution in [0.25, 0.3) is 11.4 Å². The van der Waals surface area contributed by atoms with Crippen LogP contribution in [0.5, 0.6) is 0 Å². The van der Waals surface area contributed by atoms with E-state index in [0.717, 1.165) is 5.76 Å². The Hall–Kier alpha value is -2.54. The monoisotopic (exact) mass is 302 g/mol. The fraction of sp³-hybridized carbons (Fsp3) is 0.0714. The van der Waals surface area contributed by atoms with Crippen LogP contribution in [-0.4, -0.2) is 21.1 Å². The molecule has 2 aromatic heterocycles. The van der Waals surface area contributed by atoms with Crippen LogP contribution in [0.1, 0.15) is 11.5 Å². The molecule has 0 saturated heterocycles. The molecule has 3 aromatic rings. The smallest absolute Gasteiger partial charge is 0.216 e. The highest BCUT2D eigenvalue weighted by Gasteiger charge is 2.12. The Balaban J connectivity index is 2.04. The van der Waals surface area contributed by atoms with Gasteiger partial charge in [0.25, 0.3) is 0 Å². The molecule has 0 fully saturated rings. The third-order valence-corrected chi connectivity index (χ3v) is 3.09. The second kappa shape index (κ2) is 5.45. The van der Waals surface area contributed by atoms with Crippen molar-refractivity contribution in [3.05, 3.63) is 58.5 Å². The van der Waals surface area contributed by atoms with Crippen molar-refractivity contribution >= 4 is 18.4 Å². The molecule has 0 aliphatic heterocycles. The van der Waals surface area contributed by atoms with Crippen molar-refractivity contribution in [2.24, 2.45) is 5.10 Å². The van der Waals surface area contributed by atoms with Gasteiger partial charge in [-0.05, 0) is 43.4 Å². The van der Waals surface area contributed by atoms with Crippen molar-refractivity contribution in [3.8, 4) is 11.4 Å². The lowest BCUT2D eigenvalue weighted by Gasteiger charge is -2.01. The summed E-state index contributed by atoms with van der Waals surface area (Å²) in [6, 6.07) is 9.92. The van der Waals surface area contributed by atoms with Gasteiger partial charge in [-0.25, -0.2) is 9.49 Å². The third-order valence-electron chi connectivity index (χ3n) is 2.83. The molecule has 1 N–H and O–H groups in total. The Kier molecular flexibility index (Phi) is 3.49. The molecule has 0 bridgehead atoms. The number of benzene rings is 1. The van der Waals surface area contributed by atoms with Crippen LogP contribution in [0.3, 0.4) is 0 Å². The highest BCUT2D eigenvalue weighted by Crippen LogP contribution is 2.20. The zero-order valence-corrected chi connectivity index (χ0v) is 11.9.